The molecule has 1 saturated heterocycles. The van der Waals surface area contributed by atoms with Crippen LogP contribution in [0.3, 0.4) is 0 Å². The SMILES string of the molecule is Cn1cnc(CCCCN2CCC(C(=O)Nc3ccc(OC(F)(F)F)cc3)CC2)c1. The highest BCUT2D eigenvalue weighted by Crippen LogP contribution is 2.25. The molecule has 0 atom stereocenters. The van der Waals surface area contributed by atoms with Crippen LogP contribution in [-0.4, -0.2) is 46.4 Å². The number of amides is 1. The molecule has 30 heavy (non-hydrogen) atoms. The molecule has 9 heteroatoms. The van der Waals surface area contributed by atoms with E-state index in [2.05, 4.69) is 19.9 Å². The molecule has 1 aliphatic heterocycles. The zero-order valence-electron chi connectivity index (χ0n) is 17.0. The van der Waals surface area contributed by atoms with E-state index in [9.17, 15) is 18.0 Å². The summed E-state index contributed by atoms with van der Waals surface area (Å²) in [6.45, 7) is 2.77. The van der Waals surface area contributed by atoms with Crippen LogP contribution in [0.25, 0.3) is 0 Å². The zero-order valence-corrected chi connectivity index (χ0v) is 17.0. The van der Waals surface area contributed by atoms with E-state index in [1.165, 1.54) is 24.3 Å². The first-order valence-corrected chi connectivity index (χ1v) is 10.1. The van der Waals surface area contributed by atoms with E-state index in [-0.39, 0.29) is 17.6 Å². The number of hydrogen-bond acceptors (Lipinski definition) is 4. The number of nitrogens with one attached hydrogen (secondary N) is 1. The molecular weight excluding hydrogens is 397 g/mol. The van der Waals surface area contributed by atoms with Crippen molar-refractivity contribution >= 4 is 11.6 Å². The number of anilines is 1. The summed E-state index contributed by atoms with van der Waals surface area (Å²) >= 11 is 0. The first-order valence-electron chi connectivity index (χ1n) is 10.1. The number of carbonyl (C=O) groups excluding carboxylic acids is 1. The van der Waals surface area contributed by atoms with Gasteiger partial charge in [0.15, 0.2) is 0 Å². The summed E-state index contributed by atoms with van der Waals surface area (Å²) in [7, 11) is 1.97. The quantitative estimate of drug-likeness (QED) is 0.651. The van der Waals surface area contributed by atoms with Gasteiger partial charge in [-0.1, -0.05) is 0 Å². The van der Waals surface area contributed by atoms with Gasteiger partial charge in [0, 0.05) is 24.8 Å². The Labute approximate surface area is 174 Å². The van der Waals surface area contributed by atoms with Gasteiger partial charge in [0.05, 0.1) is 12.0 Å². The van der Waals surface area contributed by atoms with Gasteiger partial charge < -0.3 is 19.5 Å². The van der Waals surface area contributed by atoms with Crippen LogP contribution in [0, 0.1) is 5.92 Å². The fourth-order valence-corrected chi connectivity index (χ4v) is 3.64. The molecule has 0 saturated carbocycles. The van der Waals surface area contributed by atoms with Crippen LogP contribution in [-0.2, 0) is 18.3 Å². The summed E-state index contributed by atoms with van der Waals surface area (Å²) in [5, 5.41) is 2.79. The van der Waals surface area contributed by atoms with Crippen LogP contribution < -0.4 is 10.1 Å². The lowest BCUT2D eigenvalue weighted by atomic mass is 9.95. The van der Waals surface area contributed by atoms with Gasteiger partial charge in [-0.2, -0.15) is 0 Å². The maximum Gasteiger partial charge on any atom is 0.573 e. The molecule has 0 spiro atoms. The van der Waals surface area contributed by atoms with Gasteiger partial charge in [-0.25, -0.2) is 4.98 Å². The van der Waals surface area contributed by atoms with Crippen molar-refractivity contribution in [3.63, 3.8) is 0 Å². The van der Waals surface area contributed by atoms with Crippen LogP contribution in [0.2, 0.25) is 0 Å². The molecule has 0 radical (unpaired) electrons. The summed E-state index contributed by atoms with van der Waals surface area (Å²) in [6.07, 6.45) is 3.86. The molecule has 6 nitrogen and oxygen atoms in total. The summed E-state index contributed by atoms with van der Waals surface area (Å²) in [4.78, 5) is 19.2. The fourth-order valence-electron chi connectivity index (χ4n) is 3.64. The third kappa shape index (κ3) is 7.05. The number of likely N-dealkylation sites (tertiary alicyclic amines) is 1. The minimum absolute atomic E-state index is 0.0825. The van der Waals surface area contributed by atoms with Crippen LogP contribution in [0.4, 0.5) is 18.9 Å². The predicted molar refractivity (Wildman–Crippen MR) is 107 cm³/mol. The van der Waals surface area contributed by atoms with Gasteiger partial charge in [-0.3, -0.25) is 4.79 Å². The second-order valence-corrected chi connectivity index (χ2v) is 7.66. The molecule has 1 fully saturated rings. The number of aromatic nitrogens is 2. The molecule has 0 aliphatic carbocycles. The van der Waals surface area contributed by atoms with Gasteiger partial charge in [0.2, 0.25) is 5.91 Å². The number of benzene rings is 1. The minimum Gasteiger partial charge on any atom is -0.406 e. The van der Waals surface area contributed by atoms with E-state index in [1.807, 2.05) is 24.1 Å². The molecule has 2 aromatic rings. The van der Waals surface area contributed by atoms with Gasteiger partial charge >= 0.3 is 6.36 Å². The number of imidazole rings is 1. The fraction of sp³-hybridized carbons (Fsp3) is 0.524. The Bertz CT molecular complexity index is 812. The third-order valence-corrected chi connectivity index (χ3v) is 5.23. The molecule has 1 N–H and O–H groups in total. The maximum atomic E-state index is 12.5. The van der Waals surface area contributed by atoms with Gasteiger partial charge in [0.1, 0.15) is 5.75 Å². The summed E-state index contributed by atoms with van der Waals surface area (Å²) in [5.74, 6) is -0.480. The molecule has 1 aromatic heterocycles. The highest BCUT2D eigenvalue weighted by molar-refractivity contribution is 5.92. The van der Waals surface area contributed by atoms with Crippen LogP contribution in [0.15, 0.2) is 36.8 Å². The van der Waals surface area contributed by atoms with Crippen molar-refractivity contribution in [2.75, 3.05) is 25.0 Å². The third-order valence-electron chi connectivity index (χ3n) is 5.23. The molecule has 1 aliphatic rings. The number of aryl methyl sites for hydroxylation is 2. The van der Waals surface area contributed by atoms with E-state index >= 15 is 0 Å². The number of ether oxygens (including phenoxy) is 1. The van der Waals surface area contributed by atoms with Crippen molar-refractivity contribution in [1.29, 1.82) is 0 Å². The van der Waals surface area contributed by atoms with Crippen LogP contribution in [0.1, 0.15) is 31.4 Å². The highest BCUT2D eigenvalue weighted by atomic mass is 19.4. The molecule has 0 unspecified atom stereocenters. The number of unbranched alkanes of at least 4 members (excludes halogenated alkanes) is 1. The van der Waals surface area contributed by atoms with E-state index in [0.717, 1.165) is 57.4 Å². The normalized spacial score (nSPS) is 15.9. The Hall–Kier alpha value is -2.55. The van der Waals surface area contributed by atoms with Gasteiger partial charge in [-0.05, 0) is 76.0 Å². The van der Waals surface area contributed by atoms with E-state index in [1.54, 1.807) is 0 Å². The lowest BCUT2D eigenvalue weighted by Crippen LogP contribution is -2.38. The van der Waals surface area contributed by atoms with E-state index in [0.29, 0.717) is 5.69 Å². The standard InChI is InChI=1S/C21H27F3N4O2/c1-27-14-18(25-15-27)4-2-3-11-28-12-9-16(10-13-28)20(29)26-17-5-7-19(8-6-17)30-21(22,23)24/h5-8,14-16H,2-4,9-13H2,1H3,(H,26,29). The molecule has 3 rings (SSSR count). The Morgan fingerprint density at radius 1 is 1.20 bits per heavy atom. The second kappa shape index (κ2) is 9.97. The lowest BCUT2D eigenvalue weighted by molar-refractivity contribution is -0.274. The number of rotatable bonds is 8. The Balaban J connectivity index is 1.34. The number of hydrogen-bond donors (Lipinski definition) is 1. The van der Waals surface area contributed by atoms with Crippen molar-refractivity contribution in [2.45, 2.75) is 38.5 Å². The second-order valence-electron chi connectivity index (χ2n) is 7.66. The Morgan fingerprint density at radius 2 is 1.90 bits per heavy atom. The number of piperidine rings is 1. The average molecular weight is 424 g/mol. The lowest BCUT2D eigenvalue weighted by Gasteiger charge is -2.31. The molecular formula is C21H27F3N4O2. The Morgan fingerprint density at radius 3 is 2.50 bits per heavy atom. The van der Waals surface area contributed by atoms with Crippen molar-refractivity contribution in [3.05, 3.63) is 42.5 Å². The van der Waals surface area contributed by atoms with Crippen molar-refractivity contribution in [1.82, 2.24) is 14.5 Å². The van der Waals surface area contributed by atoms with Crippen molar-refractivity contribution in [3.8, 4) is 5.75 Å². The maximum absolute atomic E-state index is 12.5. The smallest absolute Gasteiger partial charge is 0.406 e. The molecule has 1 amide bonds. The van der Waals surface area contributed by atoms with E-state index in [4.69, 9.17) is 0 Å². The molecule has 1 aromatic carbocycles. The first kappa shape index (κ1) is 22.1. The number of carbonyl (C=O) groups is 1. The van der Waals surface area contributed by atoms with Gasteiger partial charge in [0.25, 0.3) is 0 Å². The number of nitrogens with zero attached hydrogens (tertiary/aromatic N) is 3. The average Bonchev–Trinajstić information content (AvgIpc) is 3.11. The topological polar surface area (TPSA) is 59.4 Å². The summed E-state index contributed by atoms with van der Waals surface area (Å²) in [5.41, 5.74) is 1.58. The first-order chi connectivity index (χ1) is 14.3. The summed E-state index contributed by atoms with van der Waals surface area (Å²) in [6, 6.07) is 5.21. The van der Waals surface area contributed by atoms with Crippen LogP contribution in [0.5, 0.6) is 5.75 Å². The van der Waals surface area contributed by atoms with E-state index < -0.39 is 6.36 Å². The molecule has 0 bridgehead atoms. The number of alkyl halides is 3. The molecule has 2 heterocycles. The Kier molecular flexibility index (Phi) is 7.36. The zero-order chi connectivity index (χ0) is 21.6. The largest absolute Gasteiger partial charge is 0.573 e. The number of halogens is 3. The monoisotopic (exact) mass is 424 g/mol. The highest BCUT2D eigenvalue weighted by Gasteiger charge is 2.31. The van der Waals surface area contributed by atoms with Crippen molar-refractivity contribution < 1.29 is 22.7 Å². The van der Waals surface area contributed by atoms with Crippen molar-refractivity contribution in [2.24, 2.45) is 13.0 Å². The van der Waals surface area contributed by atoms with Gasteiger partial charge in [-0.15, -0.1) is 13.2 Å². The molecule has 164 valence electrons. The predicted octanol–water partition coefficient (Wildman–Crippen LogP) is 3.99. The minimum atomic E-state index is -4.73. The summed E-state index contributed by atoms with van der Waals surface area (Å²) < 4.78 is 42.4. The van der Waals surface area contributed by atoms with Crippen LogP contribution >= 0.6 is 0 Å².